The molecule has 1 atom stereocenters. The average molecular weight is 737 g/mol. The molecule has 1 saturated heterocycles. The molecule has 5 rings (SSSR count). The highest BCUT2D eigenvalue weighted by Gasteiger charge is 2.48. The van der Waals surface area contributed by atoms with Crippen LogP contribution in [0.3, 0.4) is 0 Å². The highest BCUT2D eigenvalue weighted by atomic mass is 16.2. The molecule has 4 aliphatic carbocycles. The van der Waals surface area contributed by atoms with Crippen LogP contribution in [-0.4, -0.2) is 75.1 Å². The normalized spacial score (nSPS) is 23.5. The molecule has 6 nitrogen and oxygen atoms in total. The minimum absolute atomic E-state index is 0.0257. The van der Waals surface area contributed by atoms with Gasteiger partial charge in [0.1, 0.15) is 6.04 Å². The zero-order valence-electron chi connectivity index (χ0n) is 34.8. The molecule has 53 heavy (non-hydrogen) atoms. The van der Waals surface area contributed by atoms with Gasteiger partial charge in [-0.2, -0.15) is 0 Å². The molecule has 5 aliphatic rings. The van der Waals surface area contributed by atoms with Gasteiger partial charge >= 0.3 is 6.03 Å². The number of carbonyl (C=O) groups is 2. The molecule has 0 spiro atoms. The molecule has 0 bridgehead atoms. The monoisotopic (exact) mass is 737 g/mol. The van der Waals surface area contributed by atoms with Gasteiger partial charge in [-0.15, -0.1) is 0 Å². The lowest BCUT2D eigenvalue weighted by Gasteiger charge is -2.44. The van der Waals surface area contributed by atoms with Crippen molar-refractivity contribution in [1.82, 2.24) is 19.6 Å². The van der Waals surface area contributed by atoms with E-state index in [1.54, 1.807) is 4.90 Å². The Bertz CT molecular complexity index is 988. The first kappa shape index (κ1) is 42.7. The van der Waals surface area contributed by atoms with E-state index in [0.29, 0.717) is 37.5 Å². The van der Waals surface area contributed by atoms with Crippen LogP contribution < -0.4 is 0 Å². The van der Waals surface area contributed by atoms with Crippen molar-refractivity contribution in [2.24, 2.45) is 0 Å². The molecule has 5 fully saturated rings. The SMILES string of the molecule is CCCCCCCC/C=C\CCCCCCCCC1C(=O)N(CN(C2CCCCC2)C2CCCCC2)C(=O)N1CN(C1CCCCC1)C1CCCCC1. The Morgan fingerprint density at radius 2 is 0.868 bits per heavy atom. The van der Waals surface area contributed by atoms with Gasteiger partial charge < -0.3 is 0 Å². The quantitative estimate of drug-likeness (QED) is 0.0562. The lowest BCUT2D eigenvalue weighted by atomic mass is 9.89. The van der Waals surface area contributed by atoms with Crippen molar-refractivity contribution in [3.63, 3.8) is 0 Å². The molecule has 0 aromatic rings. The van der Waals surface area contributed by atoms with Gasteiger partial charge in [-0.3, -0.25) is 19.5 Å². The van der Waals surface area contributed by atoms with Gasteiger partial charge in [0.2, 0.25) is 0 Å². The third-order valence-corrected chi connectivity index (χ3v) is 14.2. The maximum Gasteiger partial charge on any atom is 0.329 e. The first-order valence-corrected chi connectivity index (χ1v) is 24.0. The fourth-order valence-corrected chi connectivity index (χ4v) is 10.9. The van der Waals surface area contributed by atoms with Crippen LogP contribution in [0.25, 0.3) is 0 Å². The van der Waals surface area contributed by atoms with Crippen molar-refractivity contribution in [1.29, 1.82) is 0 Å². The summed E-state index contributed by atoms with van der Waals surface area (Å²) in [6.07, 6.45) is 49.5. The number of nitrogens with zero attached hydrogens (tertiary/aromatic N) is 4. The number of carbonyl (C=O) groups excluding carboxylic acids is 2. The van der Waals surface area contributed by atoms with Gasteiger partial charge in [-0.1, -0.05) is 160 Å². The van der Waals surface area contributed by atoms with Gasteiger partial charge in [0.15, 0.2) is 0 Å². The Morgan fingerprint density at radius 1 is 0.491 bits per heavy atom. The van der Waals surface area contributed by atoms with E-state index < -0.39 is 0 Å². The molecule has 304 valence electrons. The van der Waals surface area contributed by atoms with Crippen LogP contribution >= 0.6 is 0 Å². The second-order valence-corrected chi connectivity index (χ2v) is 18.2. The van der Waals surface area contributed by atoms with Crippen LogP contribution in [0.2, 0.25) is 0 Å². The summed E-state index contributed by atoms with van der Waals surface area (Å²) in [6.45, 7) is 3.48. The second-order valence-electron chi connectivity index (χ2n) is 18.2. The molecule has 1 aliphatic heterocycles. The van der Waals surface area contributed by atoms with E-state index in [1.807, 2.05) is 0 Å². The first-order valence-electron chi connectivity index (χ1n) is 24.0. The second kappa shape index (κ2) is 25.0. The number of hydrogen-bond acceptors (Lipinski definition) is 4. The molecule has 0 aromatic carbocycles. The van der Waals surface area contributed by atoms with Crippen LogP contribution in [0.1, 0.15) is 232 Å². The van der Waals surface area contributed by atoms with Crippen LogP contribution in [0, 0.1) is 0 Å². The molecule has 1 unspecified atom stereocenters. The summed E-state index contributed by atoms with van der Waals surface area (Å²) in [5, 5.41) is 0. The van der Waals surface area contributed by atoms with E-state index in [0.717, 1.165) is 12.8 Å². The van der Waals surface area contributed by atoms with Crippen LogP contribution in [0.5, 0.6) is 0 Å². The van der Waals surface area contributed by atoms with Crippen molar-refractivity contribution < 1.29 is 9.59 Å². The van der Waals surface area contributed by atoms with Crippen molar-refractivity contribution in [2.45, 2.75) is 262 Å². The molecule has 0 aromatic heterocycles. The minimum atomic E-state index is -0.284. The molecule has 0 N–H and O–H groups in total. The Labute approximate surface area is 327 Å². The van der Waals surface area contributed by atoms with Gasteiger partial charge in [0.25, 0.3) is 5.91 Å². The number of allylic oxidation sites excluding steroid dienone is 2. The number of imide groups is 1. The number of rotatable bonds is 24. The molecular weight excluding hydrogens is 653 g/mol. The summed E-state index contributed by atoms with van der Waals surface area (Å²) in [6, 6.07) is 1.92. The fourth-order valence-electron chi connectivity index (χ4n) is 10.9. The van der Waals surface area contributed by atoms with E-state index >= 15 is 0 Å². The number of urea groups is 1. The first-order chi connectivity index (χ1) is 26.2. The minimum Gasteiger partial charge on any atom is -0.299 e. The lowest BCUT2D eigenvalue weighted by Crippen LogP contribution is -2.54. The molecular formula is C47H84N4O2. The Balaban J connectivity index is 1.16. The summed E-state index contributed by atoms with van der Waals surface area (Å²) in [7, 11) is 0. The topological polar surface area (TPSA) is 47.1 Å². The summed E-state index contributed by atoms with van der Waals surface area (Å²) < 4.78 is 0. The highest BCUT2D eigenvalue weighted by molar-refractivity contribution is 6.04. The summed E-state index contributed by atoms with van der Waals surface area (Å²) in [5.41, 5.74) is 0. The average Bonchev–Trinajstić information content (AvgIpc) is 3.43. The molecule has 3 amide bonds. The summed E-state index contributed by atoms with van der Waals surface area (Å²) >= 11 is 0. The summed E-state index contributed by atoms with van der Waals surface area (Å²) in [5.74, 6) is 0.117. The number of amides is 3. The van der Waals surface area contributed by atoms with Crippen molar-refractivity contribution in [3.8, 4) is 0 Å². The summed E-state index contributed by atoms with van der Waals surface area (Å²) in [4.78, 5) is 38.5. The van der Waals surface area contributed by atoms with Gasteiger partial charge in [-0.05, 0) is 83.5 Å². The Hall–Kier alpha value is -1.40. The largest absolute Gasteiger partial charge is 0.329 e. The third kappa shape index (κ3) is 13.9. The van der Waals surface area contributed by atoms with Crippen LogP contribution in [0.4, 0.5) is 4.79 Å². The fraction of sp³-hybridized carbons (Fsp3) is 0.915. The molecule has 1 heterocycles. The van der Waals surface area contributed by atoms with E-state index in [4.69, 9.17) is 0 Å². The number of hydrogen-bond donors (Lipinski definition) is 0. The van der Waals surface area contributed by atoms with Gasteiger partial charge in [0.05, 0.1) is 13.3 Å². The van der Waals surface area contributed by atoms with E-state index in [-0.39, 0.29) is 18.0 Å². The molecule has 4 saturated carbocycles. The highest BCUT2D eigenvalue weighted by Crippen LogP contribution is 2.35. The van der Waals surface area contributed by atoms with Crippen molar-refractivity contribution in [3.05, 3.63) is 12.2 Å². The lowest BCUT2D eigenvalue weighted by molar-refractivity contribution is -0.131. The standard InChI is InChI=1S/C47H84N4O2/c1-2-3-4-5-6-7-8-9-10-11-12-13-14-15-16-29-38-45-46(52)51(40-49(43-34-25-19-26-35-43)44-36-27-20-28-37-44)47(53)50(45)39-48(41-30-21-17-22-31-41)42-32-23-18-24-33-42/h9-10,41-45H,2-8,11-40H2,1H3/b10-9-. The Kier molecular flexibility index (Phi) is 20.1. The van der Waals surface area contributed by atoms with Gasteiger partial charge in [0, 0.05) is 24.2 Å². The van der Waals surface area contributed by atoms with E-state index in [1.165, 1.54) is 212 Å². The van der Waals surface area contributed by atoms with Gasteiger partial charge in [-0.25, -0.2) is 9.69 Å². The van der Waals surface area contributed by atoms with E-state index in [9.17, 15) is 9.59 Å². The zero-order valence-corrected chi connectivity index (χ0v) is 34.8. The van der Waals surface area contributed by atoms with Crippen LogP contribution in [0.15, 0.2) is 12.2 Å². The number of unbranched alkanes of at least 4 members (excludes halogenated alkanes) is 12. The maximum absolute atomic E-state index is 14.7. The smallest absolute Gasteiger partial charge is 0.299 e. The zero-order chi connectivity index (χ0) is 36.9. The van der Waals surface area contributed by atoms with Crippen LogP contribution in [-0.2, 0) is 4.79 Å². The van der Waals surface area contributed by atoms with E-state index in [2.05, 4.69) is 33.8 Å². The maximum atomic E-state index is 14.7. The predicted molar refractivity (Wildman–Crippen MR) is 223 cm³/mol. The molecule has 0 radical (unpaired) electrons. The predicted octanol–water partition coefficient (Wildman–Crippen LogP) is 12.9. The van der Waals surface area contributed by atoms with Crippen molar-refractivity contribution in [2.75, 3.05) is 13.3 Å². The Morgan fingerprint density at radius 3 is 1.30 bits per heavy atom. The van der Waals surface area contributed by atoms with Crippen molar-refractivity contribution >= 4 is 11.9 Å². The molecule has 6 heteroatoms. The third-order valence-electron chi connectivity index (χ3n) is 14.2.